The monoisotopic (exact) mass is 382 g/mol. The van der Waals surface area contributed by atoms with Gasteiger partial charge < -0.3 is 10.1 Å². The van der Waals surface area contributed by atoms with Crippen LogP contribution in [0.25, 0.3) is 11.0 Å². The molecule has 3 aromatic rings. The number of amides is 1. The summed E-state index contributed by atoms with van der Waals surface area (Å²) in [5, 5.41) is 3.05. The van der Waals surface area contributed by atoms with Gasteiger partial charge in [-0.15, -0.1) is 0 Å². The molecule has 28 heavy (non-hydrogen) atoms. The van der Waals surface area contributed by atoms with Gasteiger partial charge in [-0.3, -0.25) is 18.7 Å². The molecule has 0 unspecified atom stereocenters. The minimum atomic E-state index is -0.497. The standard InChI is InChI=1S/C20H22N4O4/c1-5-12-11-21-17-15(19(26)24(4)20(27)23(17)3)16(12)22-18(25)13-7-9-14(10-8-13)28-6-2/h7-11H,5-6H2,1-4H3,(H,21,22,25). The van der Waals surface area contributed by atoms with E-state index in [1.165, 1.54) is 11.6 Å². The van der Waals surface area contributed by atoms with E-state index < -0.39 is 11.2 Å². The highest BCUT2D eigenvalue weighted by Gasteiger charge is 2.19. The average molecular weight is 382 g/mol. The number of carbonyl (C=O) groups excluding carboxylic acids is 1. The first-order chi connectivity index (χ1) is 13.4. The van der Waals surface area contributed by atoms with Gasteiger partial charge in [0.25, 0.3) is 11.5 Å². The van der Waals surface area contributed by atoms with Gasteiger partial charge in [-0.2, -0.15) is 0 Å². The lowest BCUT2D eigenvalue weighted by Gasteiger charge is -2.15. The molecule has 0 aliphatic carbocycles. The number of fused-ring (bicyclic) bond motifs is 1. The Morgan fingerprint density at radius 2 is 1.79 bits per heavy atom. The first-order valence-corrected chi connectivity index (χ1v) is 9.00. The number of pyridine rings is 1. The van der Waals surface area contributed by atoms with E-state index in [0.717, 1.165) is 4.57 Å². The van der Waals surface area contributed by atoms with Crippen LogP contribution in [-0.4, -0.2) is 26.6 Å². The van der Waals surface area contributed by atoms with Crippen molar-refractivity contribution in [2.45, 2.75) is 20.3 Å². The van der Waals surface area contributed by atoms with Crippen molar-refractivity contribution in [3.05, 3.63) is 62.4 Å². The van der Waals surface area contributed by atoms with Crippen molar-refractivity contribution in [3.63, 3.8) is 0 Å². The van der Waals surface area contributed by atoms with E-state index in [1.54, 1.807) is 37.5 Å². The highest BCUT2D eigenvalue weighted by Crippen LogP contribution is 2.24. The molecular formula is C20H22N4O4. The van der Waals surface area contributed by atoms with Gasteiger partial charge in [0.1, 0.15) is 11.1 Å². The van der Waals surface area contributed by atoms with Crippen molar-refractivity contribution in [3.8, 4) is 5.75 Å². The van der Waals surface area contributed by atoms with Gasteiger partial charge in [0, 0.05) is 25.9 Å². The molecule has 146 valence electrons. The summed E-state index contributed by atoms with van der Waals surface area (Å²) in [5.41, 5.74) is 0.774. The summed E-state index contributed by atoms with van der Waals surface area (Å²) in [6.07, 6.45) is 2.14. The number of ether oxygens (including phenoxy) is 1. The number of benzene rings is 1. The molecule has 0 aliphatic heterocycles. The minimum Gasteiger partial charge on any atom is -0.494 e. The predicted molar refractivity (Wildman–Crippen MR) is 107 cm³/mol. The molecule has 0 spiro atoms. The lowest BCUT2D eigenvalue weighted by Crippen LogP contribution is -2.38. The molecule has 8 heteroatoms. The van der Waals surface area contributed by atoms with E-state index in [0.29, 0.717) is 35.6 Å². The fraction of sp³-hybridized carbons (Fsp3) is 0.300. The van der Waals surface area contributed by atoms with Crippen LogP contribution in [0.3, 0.4) is 0 Å². The Morgan fingerprint density at radius 1 is 1.11 bits per heavy atom. The molecule has 0 saturated heterocycles. The van der Waals surface area contributed by atoms with Gasteiger partial charge in [0.2, 0.25) is 0 Å². The highest BCUT2D eigenvalue weighted by molar-refractivity contribution is 6.08. The van der Waals surface area contributed by atoms with Crippen LogP contribution in [0.4, 0.5) is 5.69 Å². The van der Waals surface area contributed by atoms with Crippen molar-refractivity contribution >= 4 is 22.6 Å². The fourth-order valence-corrected chi connectivity index (χ4v) is 3.03. The maximum Gasteiger partial charge on any atom is 0.332 e. The molecular weight excluding hydrogens is 360 g/mol. The molecule has 0 saturated carbocycles. The molecule has 1 N–H and O–H groups in total. The molecule has 2 heterocycles. The lowest BCUT2D eigenvalue weighted by molar-refractivity contribution is 0.102. The summed E-state index contributed by atoms with van der Waals surface area (Å²) >= 11 is 0. The number of hydrogen-bond acceptors (Lipinski definition) is 5. The highest BCUT2D eigenvalue weighted by atomic mass is 16.5. The Hall–Kier alpha value is -3.42. The SMILES string of the molecule is CCOc1ccc(C(=O)Nc2c(CC)cnc3c2c(=O)n(C)c(=O)n3C)cc1. The molecule has 1 aromatic carbocycles. The van der Waals surface area contributed by atoms with Crippen molar-refractivity contribution in [1.82, 2.24) is 14.1 Å². The smallest absolute Gasteiger partial charge is 0.332 e. The van der Waals surface area contributed by atoms with Crippen LogP contribution in [0.15, 0.2) is 40.1 Å². The topological polar surface area (TPSA) is 95.2 Å². The Morgan fingerprint density at radius 3 is 2.39 bits per heavy atom. The second kappa shape index (κ2) is 7.67. The quantitative estimate of drug-likeness (QED) is 0.727. The lowest BCUT2D eigenvalue weighted by atomic mass is 10.1. The van der Waals surface area contributed by atoms with Crippen LogP contribution in [0.2, 0.25) is 0 Å². The molecule has 0 radical (unpaired) electrons. The third-order valence-corrected chi connectivity index (χ3v) is 4.59. The zero-order valence-electron chi connectivity index (χ0n) is 16.3. The van der Waals surface area contributed by atoms with Crippen molar-refractivity contribution in [1.29, 1.82) is 0 Å². The zero-order chi connectivity index (χ0) is 20.4. The van der Waals surface area contributed by atoms with Crippen LogP contribution in [-0.2, 0) is 20.5 Å². The normalized spacial score (nSPS) is 10.9. The number of rotatable bonds is 5. The second-order valence-electron chi connectivity index (χ2n) is 6.33. The summed E-state index contributed by atoms with van der Waals surface area (Å²) in [7, 11) is 2.95. The molecule has 3 rings (SSSR count). The van der Waals surface area contributed by atoms with Gasteiger partial charge in [0.15, 0.2) is 5.65 Å². The molecule has 0 aliphatic rings. The van der Waals surface area contributed by atoms with E-state index >= 15 is 0 Å². The van der Waals surface area contributed by atoms with Crippen LogP contribution >= 0.6 is 0 Å². The molecule has 0 fully saturated rings. The average Bonchev–Trinajstić information content (AvgIpc) is 2.71. The first-order valence-electron chi connectivity index (χ1n) is 9.00. The maximum absolute atomic E-state index is 12.8. The van der Waals surface area contributed by atoms with E-state index in [4.69, 9.17) is 4.74 Å². The van der Waals surface area contributed by atoms with Gasteiger partial charge in [-0.25, -0.2) is 9.78 Å². The van der Waals surface area contributed by atoms with E-state index in [-0.39, 0.29) is 16.9 Å². The van der Waals surface area contributed by atoms with Crippen LogP contribution in [0.5, 0.6) is 5.75 Å². The first kappa shape index (κ1) is 19.3. The Kier molecular flexibility index (Phi) is 5.30. The Balaban J connectivity index is 2.12. The molecule has 0 bridgehead atoms. The van der Waals surface area contributed by atoms with Crippen LogP contribution < -0.4 is 21.3 Å². The minimum absolute atomic E-state index is 0.211. The zero-order valence-corrected chi connectivity index (χ0v) is 16.3. The molecule has 0 atom stereocenters. The van der Waals surface area contributed by atoms with E-state index in [1.807, 2.05) is 13.8 Å². The number of nitrogens with one attached hydrogen (secondary N) is 1. The number of aromatic nitrogens is 3. The molecule has 1 amide bonds. The summed E-state index contributed by atoms with van der Waals surface area (Å²) in [5.74, 6) is 0.313. The third kappa shape index (κ3) is 3.28. The molecule has 8 nitrogen and oxygen atoms in total. The Bertz CT molecular complexity index is 1160. The number of anilines is 1. The maximum atomic E-state index is 12.8. The number of nitrogens with zero attached hydrogens (tertiary/aromatic N) is 3. The summed E-state index contributed by atoms with van der Waals surface area (Å²) < 4.78 is 7.69. The van der Waals surface area contributed by atoms with Gasteiger partial charge >= 0.3 is 5.69 Å². The van der Waals surface area contributed by atoms with Gasteiger partial charge in [0.05, 0.1) is 12.3 Å². The Labute approximate surface area is 161 Å². The van der Waals surface area contributed by atoms with Gasteiger partial charge in [-0.05, 0) is 43.2 Å². The number of aryl methyl sites for hydroxylation is 2. The molecule has 2 aromatic heterocycles. The largest absolute Gasteiger partial charge is 0.494 e. The number of hydrogen-bond donors (Lipinski definition) is 1. The van der Waals surface area contributed by atoms with E-state index in [9.17, 15) is 14.4 Å². The summed E-state index contributed by atoms with van der Waals surface area (Å²) in [6.45, 7) is 4.33. The van der Waals surface area contributed by atoms with Gasteiger partial charge in [-0.1, -0.05) is 6.92 Å². The predicted octanol–water partition coefficient (Wildman–Crippen LogP) is 1.85. The third-order valence-electron chi connectivity index (χ3n) is 4.59. The summed E-state index contributed by atoms with van der Waals surface area (Å²) in [6, 6.07) is 6.74. The second-order valence-corrected chi connectivity index (χ2v) is 6.33. The van der Waals surface area contributed by atoms with Crippen molar-refractivity contribution in [2.24, 2.45) is 14.1 Å². The fourth-order valence-electron chi connectivity index (χ4n) is 3.03. The van der Waals surface area contributed by atoms with E-state index in [2.05, 4.69) is 10.3 Å². The van der Waals surface area contributed by atoms with Crippen LogP contribution in [0.1, 0.15) is 29.8 Å². The van der Waals surface area contributed by atoms with Crippen molar-refractivity contribution in [2.75, 3.05) is 11.9 Å². The van der Waals surface area contributed by atoms with Crippen LogP contribution in [0, 0.1) is 0 Å². The number of carbonyl (C=O) groups is 1. The summed E-state index contributed by atoms with van der Waals surface area (Å²) in [4.78, 5) is 42.0. The van der Waals surface area contributed by atoms with Crippen molar-refractivity contribution < 1.29 is 9.53 Å².